The summed E-state index contributed by atoms with van der Waals surface area (Å²) in [5.41, 5.74) is 5.16. The molecule has 4 fully saturated rings. The van der Waals surface area contributed by atoms with Crippen LogP contribution >= 0.6 is 0 Å². The number of hydrogen-bond donors (Lipinski definition) is 3. The summed E-state index contributed by atoms with van der Waals surface area (Å²) in [6.45, 7) is 4.29. The van der Waals surface area contributed by atoms with Gasteiger partial charge in [-0.05, 0) is 42.9 Å². The molecule has 0 spiro atoms. The van der Waals surface area contributed by atoms with E-state index in [0.717, 1.165) is 25.7 Å². The zero-order valence-electron chi connectivity index (χ0n) is 9.58. The second kappa shape index (κ2) is 2.27. The van der Waals surface area contributed by atoms with Crippen molar-refractivity contribution in [1.29, 1.82) is 0 Å². The molecule has 0 aromatic heterocycles. The third-order valence-electron chi connectivity index (χ3n) is 4.93. The van der Waals surface area contributed by atoms with Crippen LogP contribution in [-0.4, -0.2) is 27.5 Å². The van der Waals surface area contributed by atoms with E-state index >= 15 is 0 Å². The fourth-order valence-corrected chi connectivity index (χ4v) is 5.51. The minimum Gasteiger partial charge on any atom is -0.390 e. The van der Waals surface area contributed by atoms with E-state index in [1.165, 1.54) is 0 Å². The van der Waals surface area contributed by atoms with Gasteiger partial charge in [-0.3, -0.25) is 0 Å². The van der Waals surface area contributed by atoms with E-state index in [4.69, 9.17) is 5.73 Å². The minimum atomic E-state index is -0.924. The standard InChI is InChI=1S/C12H21NO2/c1-9-3-10(2)6-11(13,4-9)7-12(15,5-9)8(10)14/h8,14-15H,3-7,13H2,1-2H3/t8?,9-,10+,11+,12+/m0/s1. The van der Waals surface area contributed by atoms with Crippen molar-refractivity contribution in [2.24, 2.45) is 16.6 Å². The molecule has 4 saturated carbocycles. The van der Waals surface area contributed by atoms with Crippen molar-refractivity contribution >= 4 is 0 Å². The number of aliphatic hydroxyl groups excluding tert-OH is 1. The van der Waals surface area contributed by atoms with Gasteiger partial charge in [-0.2, -0.15) is 0 Å². The van der Waals surface area contributed by atoms with Crippen molar-refractivity contribution in [3.63, 3.8) is 0 Å². The molecule has 5 atom stereocenters. The van der Waals surface area contributed by atoms with Crippen LogP contribution < -0.4 is 5.73 Å². The van der Waals surface area contributed by atoms with Gasteiger partial charge < -0.3 is 15.9 Å². The van der Waals surface area contributed by atoms with Gasteiger partial charge in [0.1, 0.15) is 0 Å². The first kappa shape index (κ1) is 10.1. The Bertz CT molecular complexity index is 284. The van der Waals surface area contributed by atoms with Crippen LogP contribution in [0.4, 0.5) is 0 Å². The van der Waals surface area contributed by atoms with Crippen LogP contribution in [-0.2, 0) is 0 Å². The highest BCUT2D eigenvalue weighted by molar-refractivity contribution is 5.22. The lowest BCUT2D eigenvalue weighted by atomic mass is 9.40. The molecule has 15 heavy (non-hydrogen) atoms. The van der Waals surface area contributed by atoms with E-state index in [-0.39, 0.29) is 16.4 Å². The molecule has 0 aliphatic heterocycles. The van der Waals surface area contributed by atoms with Crippen LogP contribution in [0.5, 0.6) is 0 Å². The van der Waals surface area contributed by atoms with Gasteiger partial charge in [0, 0.05) is 5.54 Å². The molecule has 0 saturated heterocycles. The van der Waals surface area contributed by atoms with Crippen molar-refractivity contribution in [1.82, 2.24) is 0 Å². The molecular formula is C12H21NO2. The number of rotatable bonds is 0. The second-order valence-electron chi connectivity index (χ2n) is 7.22. The van der Waals surface area contributed by atoms with E-state index in [1.54, 1.807) is 0 Å². The molecule has 0 aromatic rings. The maximum absolute atomic E-state index is 10.5. The maximum Gasteiger partial charge on any atom is 0.0933 e. The summed E-state index contributed by atoms with van der Waals surface area (Å²) in [4.78, 5) is 0. The summed E-state index contributed by atoms with van der Waals surface area (Å²) in [6, 6.07) is 0. The van der Waals surface area contributed by atoms with E-state index in [0.29, 0.717) is 6.42 Å². The second-order valence-corrected chi connectivity index (χ2v) is 7.22. The van der Waals surface area contributed by atoms with Crippen LogP contribution in [0.15, 0.2) is 0 Å². The average molecular weight is 211 g/mol. The lowest BCUT2D eigenvalue weighted by molar-refractivity contribution is -0.264. The quantitative estimate of drug-likeness (QED) is 0.554. The monoisotopic (exact) mass is 211 g/mol. The third-order valence-corrected chi connectivity index (χ3v) is 4.93. The van der Waals surface area contributed by atoms with Crippen LogP contribution in [0.25, 0.3) is 0 Å². The Morgan fingerprint density at radius 2 is 1.73 bits per heavy atom. The van der Waals surface area contributed by atoms with Gasteiger partial charge in [-0.1, -0.05) is 13.8 Å². The van der Waals surface area contributed by atoms with Gasteiger partial charge >= 0.3 is 0 Å². The van der Waals surface area contributed by atoms with Crippen molar-refractivity contribution in [2.45, 2.75) is 63.2 Å². The first-order valence-corrected chi connectivity index (χ1v) is 5.88. The average Bonchev–Trinajstić information content (AvgIpc) is 1.93. The number of aliphatic hydroxyl groups is 2. The summed E-state index contributed by atoms with van der Waals surface area (Å²) >= 11 is 0. The first-order chi connectivity index (χ1) is 6.69. The van der Waals surface area contributed by atoms with E-state index < -0.39 is 11.7 Å². The van der Waals surface area contributed by atoms with Crippen molar-refractivity contribution in [2.75, 3.05) is 0 Å². The van der Waals surface area contributed by atoms with E-state index in [1.807, 2.05) is 0 Å². The molecule has 0 heterocycles. The zero-order valence-corrected chi connectivity index (χ0v) is 9.58. The molecule has 4 N–H and O–H groups in total. The Morgan fingerprint density at radius 3 is 2.27 bits per heavy atom. The minimum absolute atomic E-state index is 0.133. The van der Waals surface area contributed by atoms with Gasteiger partial charge in [-0.15, -0.1) is 0 Å². The summed E-state index contributed by atoms with van der Waals surface area (Å²) in [5.74, 6) is 0. The highest BCUT2D eigenvalue weighted by atomic mass is 16.3. The molecule has 86 valence electrons. The molecule has 4 aliphatic rings. The van der Waals surface area contributed by atoms with Gasteiger partial charge in [-0.25, -0.2) is 0 Å². The smallest absolute Gasteiger partial charge is 0.0933 e. The molecule has 4 aliphatic carbocycles. The van der Waals surface area contributed by atoms with E-state index in [2.05, 4.69) is 13.8 Å². The summed E-state index contributed by atoms with van der Waals surface area (Å²) in [5, 5.41) is 20.8. The molecule has 1 unspecified atom stereocenters. The maximum atomic E-state index is 10.5. The summed E-state index contributed by atoms with van der Waals surface area (Å²) in [6.07, 6.45) is 3.57. The van der Waals surface area contributed by atoms with Crippen molar-refractivity contribution < 1.29 is 10.2 Å². The molecule has 0 aromatic carbocycles. The largest absolute Gasteiger partial charge is 0.390 e. The lowest BCUT2D eigenvalue weighted by Gasteiger charge is -2.69. The molecule has 0 radical (unpaired) electrons. The Morgan fingerprint density at radius 1 is 1.07 bits per heavy atom. The first-order valence-electron chi connectivity index (χ1n) is 5.88. The van der Waals surface area contributed by atoms with Crippen LogP contribution in [0, 0.1) is 10.8 Å². The summed E-state index contributed by atoms with van der Waals surface area (Å²) < 4.78 is 0. The van der Waals surface area contributed by atoms with Gasteiger partial charge in [0.15, 0.2) is 0 Å². The zero-order chi connectivity index (χ0) is 11.1. The topological polar surface area (TPSA) is 66.5 Å². The molecule has 4 bridgehead atoms. The predicted molar refractivity (Wildman–Crippen MR) is 57.2 cm³/mol. The molecular weight excluding hydrogens is 190 g/mol. The Kier molecular flexibility index (Phi) is 1.52. The van der Waals surface area contributed by atoms with Gasteiger partial charge in [0.05, 0.1) is 11.7 Å². The van der Waals surface area contributed by atoms with E-state index in [9.17, 15) is 10.2 Å². The number of hydrogen-bond acceptors (Lipinski definition) is 3. The SMILES string of the molecule is C[C@@]12C[C@@]3(N)C[C@@](C)(C1)C(O)[C@@](O)(C2)C3. The van der Waals surface area contributed by atoms with Gasteiger partial charge in [0.25, 0.3) is 0 Å². The Balaban J connectivity index is 2.12. The van der Waals surface area contributed by atoms with Crippen LogP contribution in [0.2, 0.25) is 0 Å². The molecule has 0 amide bonds. The van der Waals surface area contributed by atoms with Crippen LogP contribution in [0.1, 0.15) is 46.0 Å². The molecule has 4 rings (SSSR count). The van der Waals surface area contributed by atoms with Gasteiger partial charge in [0.2, 0.25) is 0 Å². The Labute approximate surface area is 90.7 Å². The highest BCUT2D eigenvalue weighted by Crippen LogP contribution is 2.66. The third kappa shape index (κ3) is 1.12. The van der Waals surface area contributed by atoms with Crippen LogP contribution in [0.3, 0.4) is 0 Å². The highest BCUT2D eigenvalue weighted by Gasteiger charge is 2.68. The van der Waals surface area contributed by atoms with Crippen molar-refractivity contribution in [3.8, 4) is 0 Å². The predicted octanol–water partition coefficient (Wildman–Crippen LogP) is 0.780. The number of nitrogens with two attached hydrogens (primary N) is 1. The fraction of sp³-hybridized carbons (Fsp3) is 1.00. The lowest BCUT2D eigenvalue weighted by Crippen LogP contribution is -2.74. The van der Waals surface area contributed by atoms with Crippen molar-refractivity contribution in [3.05, 3.63) is 0 Å². The molecule has 3 heteroatoms. The molecule has 3 nitrogen and oxygen atoms in total. The Hall–Kier alpha value is -0.120. The fourth-order valence-electron chi connectivity index (χ4n) is 5.51. The summed E-state index contributed by atoms with van der Waals surface area (Å²) in [7, 11) is 0. The normalized spacial score (nSPS) is 67.4.